The molecule has 1 aromatic carbocycles. The molecule has 2 N–H and O–H groups in total. The Morgan fingerprint density at radius 1 is 1.33 bits per heavy atom. The van der Waals surface area contributed by atoms with E-state index in [-0.39, 0.29) is 0 Å². The predicted octanol–water partition coefficient (Wildman–Crippen LogP) is 2.41. The third-order valence-electron chi connectivity index (χ3n) is 2.02. The molecule has 3 heteroatoms. The van der Waals surface area contributed by atoms with Crippen LogP contribution in [0.4, 0.5) is 5.69 Å². The van der Waals surface area contributed by atoms with Crippen LogP contribution in [0.15, 0.2) is 24.4 Å². The SMILES string of the molecule is Cn1ccc2c(N)ccc(Cl)c21. The summed E-state index contributed by atoms with van der Waals surface area (Å²) in [6.45, 7) is 0. The van der Waals surface area contributed by atoms with Crippen molar-refractivity contribution < 1.29 is 0 Å². The van der Waals surface area contributed by atoms with Gasteiger partial charge in [0.15, 0.2) is 0 Å². The number of aryl methyl sites for hydroxylation is 1. The van der Waals surface area contributed by atoms with Gasteiger partial charge in [0.05, 0.1) is 10.5 Å². The fourth-order valence-corrected chi connectivity index (χ4v) is 1.69. The highest BCUT2D eigenvalue weighted by atomic mass is 35.5. The number of benzene rings is 1. The van der Waals surface area contributed by atoms with E-state index in [1.54, 1.807) is 0 Å². The lowest BCUT2D eigenvalue weighted by Gasteiger charge is -2.00. The zero-order valence-corrected chi connectivity index (χ0v) is 7.47. The van der Waals surface area contributed by atoms with Crippen molar-refractivity contribution in [1.82, 2.24) is 4.57 Å². The summed E-state index contributed by atoms with van der Waals surface area (Å²) in [5, 5.41) is 1.76. The summed E-state index contributed by atoms with van der Waals surface area (Å²) in [7, 11) is 1.95. The number of anilines is 1. The Morgan fingerprint density at radius 3 is 2.75 bits per heavy atom. The van der Waals surface area contributed by atoms with Crippen molar-refractivity contribution in [3.05, 3.63) is 29.4 Å². The van der Waals surface area contributed by atoms with E-state index in [0.717, 1.165) is 21.6 Å². The van der Waals surface area contributed by atoms with Crippen molar-refractivity contribution in [3.8, 4) is 0 Å². The minimum Gasteiger partial charge on any atom is -0.398 e. The summed E-state index contributed by atoms with van der Waals surface area (Å²) >= 11 is 6.00. The second-order valence-electron chi connectivity index (χ2n) is 2.83. The van der Waals surface area contributed by atoms with Crippen molar-refractivity contribution in [2.75, 3.05) is 5.73 Å². The van der Waals surface area contributed by atoms with Gasteiger partial charge < -0.3 is 10.3 Å². The molecule has 0 amide bonds. The largest absolute Gasteiger partial charge is 0.398 e. The molecule has 0 saturated carbocycles. The molecule has 0 bridgehead atoms. The average Bonchev–Trinajstić information content (AvgIpc) is 2.42. The number of fused-ring (bicyclic) bond motifs is 1. The fourth-order valence-electron chi connectivity index (χ4n) is 1.39. The molecule has 12 heavy (non-hydrogen) atoms. The first-order chi connectivity index (χ1) is 5.70. The van der Waals surface area contributed by atoms with Crippen LogP contribution in [0.5, 0.6) is 0 Å². The first kappa shape index (κ1) is 7.50. The number of rotatable bonds is 0. The summed E-state index contributed by atoms with van der Waals surface area (Å²) in [5.74, 6) is 0. The summed E-state index contributed by atoms with van der Waals surface area (Å²) in [5.41, 5.74) is 7.54. The van der Waals surface area contributed by atoms with Crippen LogP contribution in [0.1, 0.15) is 0 Å². The molecule has 0 aliphatic rings. The lowest BCUT2D eigenvalue weighted by molar-refractivity contribution is 0.969. The molecule has 62 valence electrons. The van der Waals surface area contributed by atoms with E-state index in [1.165, 1.54) is 0 Å². The van der Waals surface area contributed by atoms with Gasteiger partial charge in [-0.2, -0.15) is 0 Å². The number of nitrogen functional groups attached to an aromatic ring is 1. The second-order valence-corrected chi connectivity index (χ2v) is 3.23. The molecular formula is C9H9ClN2. The molecule has 1 aromatic heterocycles. The molecule has 0 fully saturated rings. The van der Waals surface area contributed by atoms with Crippen molar-refractivity contribution in [2.24, 2.45) is 7.05 Å². The van der Waals surface area contributed by atoms with E-state index in [9.17, 15) is 0 Å². The van der Waals surface area contributed by atoms with E-state index >= 15 is 0 Å². The van der Waals surface area contributed by atoms with Crippen LogP contribution in [-0.2, 0) is 7.05 Å². The van der Waals surface area contributed by atoms with Crippen LogP contribution in [0.2, 0.25) is 5.02 Å². The predicted molar refractivity (Wildman–Crippen MR) is 52.3 cm³/mol. The Labute approximate surface area is 75.5 Å². The van der Waals surface area contributed by atoms with E-state index in [1.807, 2.05) is 36.0 Å². The van der Waals surface area contributed by atoms with E-state index in [4.69, 9.17) is 17.3 Å². The van der Waals surface area contributed by atoms with E-state index < -0.39 is 0 Å². The zero-order chi connectivity index (χ0) is 8.72. The van der Waals surface area contributed by atoms with E-state index in [2.05, 4.69) is 0 Å². The maximum Gasteiger partial charge on any atom is 0.0687 e. The maximum atomic E-state index is 6.00. The molecule has 1 heterocycles. The van der Waals surface area contributed by atoms with Gasteiger partial charge in [0.25, 0.3) is 0 Å². The van der Waals surface area contributed by atoms with Gasteiger partial charge in [-0.3, -0.25) is 0 Å². The van der Waals surface area contributed by atoms with Gasteiger partial charge in [0, 0.05) is 24.3 Å². The quantitative estimate of drug-likeness (QED) is 0.621. The summed E-state index contributed by atoms with van der Waals surface area (Å²) < 4.78 is 1.97. The standard InChI is InChI=1S/C9H9ClN2/c1-12-5-4-6-8(11)3-2-7(10)9(6)12/h2-5H,11H2,1H3. The van der Waals surface area contributed by atoms with Gasteiger partial charge in [-0.25, -0.2) is 0 Å². The third kappa shape index (κ3) is 0.883. The van der Waals surface area contributed by atoms with Gasteiger partial charge in [-0.15, -0.1) is 0 Å². The van der Waals surface area contributed by atoms with Gasteiger partial charge in [-0.05, 0) is 18.2 Å². The molecule has 0 aliphatic heterocycles. The second kappa shape index (κ2) is 2.42. The minimum absolute atomic E-state index is 0.742. The minimum atomic E-state index is 0.742. The molecule has 0 aliphatic carbocycles. The molecular weight excluding hydrogens is 172 g/mol. The topological polar surface area (TPSA) is 30.9 Å². The maximum absolute atomic E-state index is 6.00. The fraction of sp³-hybridized carbons (Fsp3) is 0.111. The molecule has 2 aromatic rings. The van der Waals surface area contributed by atoms with E-state index in [0.29, 0.717) is 0 Å². The van der Waals surface area contributed by atoms with Crippen LogP contribution in [-0.4, -0.2) is 4.57 Å². The zero-order valence-electron chi connectivity index (χ0n) is 6.71. The first-order valence-corrected chi connectivity index (χ1v) is 4.07. The third-order valence-corrected chi connectivity index (χ3v) is 2.32. The van der Waals surface area contributed by atoms with Crippen molar-refractivity contribution in [2.45, 2.75) is 0 Å². The van der Waals surface area contributed by atoms with Gasteiger partial charge in [0.1, 0.15) is 0 Å². The first-order valence-electron chi connectivity index (χ1n) is 3.69. The number of halogens is 1. The van der Waals surface area contributed by atoms with Crippen molar-refractivity contribution in [1.29, 1.82) is 0 Å². The van der Waals surface area contributed by atoms with Crippen molar-refractivity contribution in [3.63, 3.8) is 0 Å². The molecule has 2 rings (SSSR count). The number of nitrogens with two attached hydrogens (primary N) is 1. The monoisotopic (exact) mass is 180 g/mol. The number of nitrogens with zero attached hydrogens (tertiary/aromatic N) is 1. The van der Waals surface area contributed by atoms with Crippen LogP contribution < -0.4 is 5.73 Å². The Bertz CT molecular complexity index is 431. The van der Waals surface area contributed by atoms with Crippen LogP contribution in [0.25, 0.3) is 10.9 Å². The number of hydrogen-bond donors (Lipinski definition) is 1. The summed E-state index contributed by atoms with van der Waals surface area (Å²) in [6.07, 6.45) is 1.95. The summed E-state index contributed by atoms with van der Waals surface area (Å²) in [6, 6.07) is 5.61. The van der Waals surface area contributed by atoms with Crippen molar-refractivity contribution >= 4 is 28.2 Å². The molecule has 0 saturated heterocycles. The Hall–Kier alpha value is -1.15. The highest BCUT2D eigenvalue weighted by Gasteiger charge is 2.04. The molecule has 2 nitrogen and oxygen atoms in total. The average molecular weight is 181 g/mol. The van der Waals surface area contributed by atoms with Crippen LogP contribution in [0.3, 0.4) is 0 Å². The number of aromatic nitrogens is 1. The molecule has 0 spiro atoms. The van der Waals surface area contributed by atoms with Gasteiger partial charge in [-0.1, -0.05) is 11.6 Å². The molecule has 0 atom stereocenters. The highest BCUT2D eigenvalue weighted by Crippen LogP contribution is 2.28. The smallest absolute Gasteiger partial charge is 0.0687 e. The van der Waals surface area contributed by atoms with Crippen LogP contribution in [0, 0.1) is 0 Å². The van der Waals surface area contributed by atoms with Crippen LogP contribution >= 0.6 is 11.6 Å². The lowest BCUT2D eigenvalue weighted by atomic mass is 10.2. The number of hydrogen-bond acceptors (Lipinski definition) is 1. The van der Waals surface area contributed by atoms with Gasteiger partial charge in [0.2, 0.25) is 0 Å². The Balaban J connectivity index is 2.98. The Morgan fingerprint density at radius 2 is 2.08 bits per heavy atom. The lowest BCUT2D eigenvalue weighted by Crippen LogP contribution is -1.88. The highest BCUT2D eigenvalue weighted by molar-refractivity contribution is 6.35. The Kier molecular flexibility index (Phi) is 1.51. The summed E-state index contributed by atoms with van der Waals surface area (Å²) in [4.78, 5) is 0. The molecule has 0 radical (unpaired) electrons. The normalized spacial score (nSPS) is 10.8. The molecule has 0 unspecified atom stereocenters. The van der Waals surface area contributed by atoms with Gasteiger partial charge >= 0.3 is 0 Å².